The van der Waals surface area contributed by atoms with Crippen molar-refractivity contribution in [3.8, 4) is 0 Å². The highest BCUT2D eigenvalue weighted by Gasteiger charge is 2.29. The number of carbonyl (C=O) groups excluding carboxylic acids is 1. The Morgan fingerprint density at radius 3 is 2.95 bits per heavy atom. The van der Waals surface area contributed by atoms with Gasteiger partial charge in [-0.1, -0.05) is 19.3 Å². The third kappa shape index (κ3) is 2.82. The Kier molecular flexibility index (Phi) is 3.44. The number of hydrogen-bond donors (Lipinski definition) is 3. The Hall–Kier alpha value is -1.88. The minimum Gasteiger partial charge on any atom is -0.326 e. The van der Waals surface area contributed by atoms with Gasteiger partial charge in [0.2, 0.25) is 5.91 Å². The molecule has 0 spiro atoms. The summed E-state index contributed by atoms with van der Waals surface area (Å²) in [6, 6.07) is 5.72. The molecule has 4 N–H and O–H groups in total. The van der Waals surface area contributed by atoms with E-state index in [-0.39, 0.29) is 11.4 Å². The first kappa shape index (κ1) is 13.1. The second-order valence-electron chi connectivity index (χ2n) is 5.82. The topological polar surface area (TPSA) is 83.8 Å². The summed E-state index contributed by atoms with van der Waals surface area (Å²) in [7, 11) is 0. The number of aromatic nitrogens is 2. The van der Waals surface area contributed by atoms with Crippen molar-refractivity contribution in [2.24, 2.45) is 5.73 Å². The van der Waals surface area contributed by atoms with Crippen LogP contribution in [0.2, 0.25) is 0 Å². The predicted octanol–water partition coefficient (Wildman–Crippen LogP) is 2.55. The molecule has 1 heterocycles. The molecular weight excluding hydrogens is 252 g/mol. The van der Waals surface area contributed by atoms with E-state index < -0.39 is 0 Å². The van der Waals surface area contributed by atoms with Crippen LogP contribution >= 0.6 is 0 Å². The molecule has 0 bridgehead atoms. The van der Waals surface area contributed by atoms with Crippen LogP contribution < -0.4 is 11.1 Å². The van der Waals surface area contributed by atoms with Crippen LogP contribution in [0.4, 0.5) is 5.69 Å². The minimum atomic E-state index is -0.319. The average molecular weight is 272 g/mol. The van der Waals surface area contributed by atoms with Crippen LogP contribution in [0.25, 0.3) is 10.9 Å². The zero-order valence-corrected chi connectivity index (χ0v) is 11.5. The van der Waals surface area contributed by atoms with Gasteiger partial charge >= 0.3 is 0 Å². The van der Waals surface area contributed by atoms with Crippen molar-refractivity contribution in [2.75, 3.05) is 5.32 Å². The third-order valence-electron chi connectivity index (χ3n) is 4.09. The number of aromatic amines is 1. The molecule has 1 amide bonds. The van der Waals surface area contributed by atoms with Crippen molar-refractivity contribution < 1.29 is 4.79 Å². The number of H-pyrrole nitrogens is 1. The second kappa shape index (κ2) is 5.25. The number of fused-ring (bicyclic) bond motifs is 1. The summed E-state index contributed by atoms with van der Waals surface area (Å²) in [4.78, 5) is 12.1. The van der Waals surface area contributed by atoms with Crippen LogP contribution in [0.15, 0.2) is 24.4 Å². The summed E-state index contributed by atoms with van der Waals surface area (Å²) in [5, 5.41) is 10.8. The maximum atomic E-state index is 12.1. The van der Waals surface area contributed by atoms with E-state index in [0.717, 1.165) is 42.3 Å². The van der Waals surface area contributed by atoms with Crippen molar-refractivity contribution in [1.29, 1.82) is 0 Å². The summed E-state index contributed by atoms with van der Waals surface area (Å²) < 4.78 is 0. The molecule has 20 heavy (non-hydrogen) atoms. The van der Waals surface area contributed by atoms with Gasteiger partial charge in [-0.2, -0.15) is 5.10 Å². The number of nitrogens with one attached hydrogen (secondary N) is 2. The van der Waals surface area contributed by atoms with Gasteiger partial charge in [0, 0.05) is 23.0 Å². The number of anilines is 1. The smallest absolute Gasteiger partial charge is 0.226 e. The molecule has 5 heteroatoms. The molecule has 0 unspecified atom stereocenters. The summed E-state index contributed by atoms with van der Waals surface area (Å²) in [5.74, 6) is -0.00624. The molecule has 0 radical (unpaired) electrons. The second-order valence-corrected chi connectivity index (χ2v) is 5.82. The molecule has 1 fully saturated rings. The molecule has 1 saturated carbocycles. The number of benzene rings is 1. The quantitative estimate of drug-likeness (QED) is 0.802. The van der Waals surface area contributed by atoms with Crippen molar-refractivity contribution in [3.05, 3.63) is 24.4 Å². The lowest BCUT2D eigenvalue weighted by molar-refractivity contribution is -0.117. The lowest BCUT2D eigenvalue weighted by Crippen LogP contribution is -2.44. The van der Waals surface area contributed by atoms with Gasteiger partial charge < -0.3 is 11.1 Å². The Balaban J connectivity index is 1.65. The van der Waals surface area contributed by atoms with Gasteiger partial charge in [-0.05, 0) is 31.0 Å². The van der Waals surface area contributed by atoms with E-state index in [0.29, 0.717) is 6.42 Å². The maximum absolute atomic E-state index is 12.1. The van der Waals surface area contributed by atoms with Gasteiger partial charge in [-0.15, -0.1) is 0 Å². The monoisotopic (exact) mass is 272 g/mol. The van der Waals surface area contributed by atoms with E-state index in [1.165, 1.54) is 6.42 Å². The first-order valence-corrected chi connectivity index (χ1v) is 7.17. The highest BCUT2D eigenvalue weighted by atomic mass is 16.1. The minimum absolute atomic E-state index is 0.00624. The van der Waals surface area contributed by atoms with Gasteiger partial charge in [0.15, 0.2) is 0 Å². The summed E-state index contributed by atoms with van der Waals surface area (Å²) in [6.07, 6.45) is 7.54. The maximum Gasteiger partial charge on any atom is 0.226 e. The average Bonchev–Trinajstić information content (AvgIpc) is 2.86. The molecule has 3 rings (SSSR count). The van der Waals surface area contributed by atoms with Crippen LogP contribution in [0.5, 0.6) is 0 Å². The van der Waals surface area contributed by atoms with Crippen molar-refractivity contribution in [1.82, 2.24) is 10.2 Å². The molecule has 0 atom stereocenters. The van der Waals surface area contributed by atoms with Gasteiger partial charge in [0.1, 0.15) is 0 Å². The van der Waals surface area contributed by atoms with E-state index in [2.05, 4.69) is 15.5 Å². The Labute approximate surface area is 117 Å². The molecule has 0 aliphatic heterocycles. The molecule has 1 aromatic heterocycles. The Morgan fingerprint density at radius 2 is 2.15 bits per heavy atom. The van der Waals surface area contributed by atoms with E-state index in [9.17, 15) is 4.79 Å². The number of hydrogen-bond acceptors (Lipinski definition) is 3. The van der Waals surface area contributed by atoms with Gasteiger partial charge in [-0.25, -0.2) is 0 Å². The largest absolute Gasteiger partial charge is 0.326 e. The SMILES string of the molecule is NC1(CC(=O)Nc2ccc3cn[nH]c3c2)CCCCC1. The predicted molar refractivity (Wildman–Crippen MR) is 79.3 cm³/mol. The lowest BCUT2D eigenvalue weighted by atomic mass is 9.80. The zero-order valence-electron chi connectivity index (χ0n) is 11.5. The molecule has 0 saturated heterocycles. The fraction of sp³-hybridized carbons (Fsp3) is 0.467. The fourth-order valence-corrected chi connectivity index (χ4v) is 2.97. The van der Waals surface area contributed by atoms with Crippen LogP contribution in [0, 0.1) is 0 Å². The first-order valence-electron chi connectivity index (χ1n) is 7.17. The number of carbonyl (C=O) groups is 1. The number of amides is 1. The van der Waals surface area contributed by atoms with E-state index in [1.54, 1.807) is 6.20 Å². The lowest BCUT2D eigenvalue weighted by Gasteiger charge is -2.32. The summed E-state index contributed by atoms with van der Waals surface area (Å²) in [6.45, 7) is 0. The summed E-state index contributed by atoms with van der Waals surface area (Å²) in [5.41, 5.74) is 7.69. The first-order chi connectivity index (χ1) is 9.65. The third-order valence-corrected chi connectivity index (χ3v) is 4.09. The number of nitrogens with zero attached hydrogens (tertiary/aromatic N) is 1. The fourth-order valence-electron chi connectivity index (χ4n) is 2.97. The van der Waals surface area contributed by atoms with Crippen molar-refractivity contribution in [3.63, 3.8) is 0 Å². The van der Waals surface area contributed by atoms with E-state index in [4.69, 9.17) is 5.73 Å². The van der Waals surface area contributed by atoms with Gasteiger partial charge in [0.25, 0.3) is 0 Å². The Bertz CT molecular complexity index is 613. The highest BCUT2D eigenvalue weighted by molar-refractivity contribution is 5.94. The van der Waals surface area contributed by atoms with Gasteiger partial charge in [-0.3, -0.25) is 9.89 Å². The molecule has 2 aromatic rings. The van der Waals surface area contributed by atoms with Crippen LogP contribution in [0.3, 0.4) is 0 Å². The van der Waals surface area contributed by atoms with E-state index >= 15 is 0 Å². The standard InChI is InChI=1S/C15H20N4O/c16-15(6-2-1-3-7-15)9-14(20)18-12-5-4-11-10-17-19-13(11)8-12/h4-5,8,10H,1-3,6-7,9,16H2,(H,17,19)(H,18,20). The normalized spacial score (nSPS) is 18.1. The molecule has 1 aliphatic carbocycles. The van der Waals surface area contributed by atoms with E-state index in [1.807, 2.05) is 18.2 Å². The zero-order chi connectivity index (χ0) is 14.0. The molecule has 106 valence electrons. The van der Waals surface area contributed by atoms with Crippen molar-refractivity contribution in [2.45, 2.75) is 44.1 Å². The molecule has 1 aliphatic rings. The molecular formula is C15H20N4O. The molecule has 5 nitrogen and oxygen atoms in total. The number of nitrogens with two attached hydrogens (primary N) is 1. The van der Waals surface area contributed by atoms with Gasteiger partial charge in [0.05, 0.1) is 11.7 Å². The van der Waals surface area contributed by atoms with Crippen LogP contribution in [-0.4, -0.2) is 21.6 Å². The van der Waals surface area contributed by atoms with Crippen molar-refractivity contribution >= 4 is 22.5 Å². The highest BCUT2D eigenvalue weighted by Crippen LogP contribution is 2.29. The van der Waals surface area contributed by atoms with Crippen LogP contribution in [0.1, 0.15) is 38.5 Å². The molecule has 1 aromatic carbocycles. The number of rotatable bonds is 3. The van der Waals surface area contributed by atoms with Crippen LogP contribution in [-0.2, 0) is 4.79 Å². The Morgan fingerprint density at radius 1 is 1.35 bits per heavy atom. The summed E-state index contributed by atoms with van der Waals surface area (Å²) >= 11 is 0.